The Bertz CT molecular complexity index is 1940. The summed E-state index contributed by atoms with van der Waals surface area (Å²) in [6, 6.07) is 13.0. The average Bonchev–Trinajstić information content (AvgIpc) is 3.04. The summed E-state index contributed by atoms with van der Waals surface area (Å²) in [6.07, 6.45) is 5.20. The van der Waals surface area contributed by atoms with E-state index in [1.54, 1.807) is 7.05 Å². The lowest BCUT2D eigenvalue weighted by Gasteiger charge is -2.36. The zero-order valence-corrected chi connectivity index (χ0v) is 25.0. The molecular weight excluding hydrogens is 606 g/mol. The molecule has 46 heavy (non-hydrogen) atoms. The van der Waals surface area contributed by atoms with E-state index in [9.17, 15) is 17.6 Å². The number of rotatable bonds is 6. The van der Waals surface area contributed by atoms with Gasteiger partial charge in [0.2, 0.25) is 0 Å². The van der Waals surface area contributed by atoms with Gasteiger partial charge in [0.15, 0.2) is 23.4 Å². The van der Waals surface area contributed by atoms with Crippen LogP contribution in [0.3, 0.4) is 0 Å². The Kier molecular flexibility index (Phi) is 9.24. The van der Waals surface area contributed by atoms with Crippen LogP contribution in [0, 0.1) is 24.0 Å². The number of piperidine rings is 1. The molecule has 3 aromatic carbocycles. The summed E-state index contributed by atoms with van der Waals surface area (Å²) in [5.74, 6) is -2.04. The molecule has 3 N–H and O–H groups in total. The van der Waals surface area contributed by atoms with Gasteiger partial charge >= 0.3 is 6.01 Å². The molecule has 6 rings (SSSR count). The fourth-order valence-electron chi connectivity index (χ4n) is 4.88. The van der Waals surface area contributed by atoms with Crippen molar-refractivity contribution in [2.45, 2.75) is 18.4 Å². The van der Waals surface area contributed by atoms with Gasteiger partial charge in [-0.3, -0.25) is 0 Å². The molecule has 1 saturated heterocycles. The summed E-state index contributed by atoms with van der Waals surface area (Å²) in [7, 11) is 4.52. The zero-order chi connectivity index (χ0) is 33.0. The molecule has 3 heterocycles. The fourth-order valence-corrected chi connectivity index (χ4v) is 4.88. The van der Waals surface area contributed by atoms with Crippen LogP contribution in [0.5, 0.6) is 17.5 Å². The van der Waals surface area contributed by atoms with Crippen molar-refractivity contribution >= 4 is 39.1 Å². The van der Waals surface area contributed by atoms with Gasteiger partial charge in [0.05, 0.1) is 43.0 Å². The topological polar surface area (TPSA) is 121 Å². The van der Waals surface area contributed by atoms with E-state index in [0.29, 0.717) is 29.3 Å². The lowest BCUT2D eigenvalue weighted by Crippen LogP contribution is -2.52. The molecular formula is C32H29F4N7O3. The third kappa shape index (κ3) is 6.64. The molecule has 0 saturated carbocycles. The Labute approximate surface area is 261 Å². The van der Waals surface area contributed by atoms with E-state index in [1.165, 1.54) is 43.6 Å². The summed E-state index contributed by atoms with van der Waals surface area (Å²) < 4.78 is 73.4. The van der Waals surface area contributed by atoms with Gasteiger partial charge in [0.1, 0.15) is 23.8 Å². The number of ether oxygens (including phenoxy) is 3. The van der Waals surface area contributed by atoms with E-state index < -0.39 is 35.8 Å². The lowest BCUT2D eigenvalue weighted by molar-refractivity contribution is -0.135. The molecule has 2 aromatic heterocycles. The molecule has 1 atom stereocenters. The summed E-state index contributed by atoms with van der Waals surface area (Å²) in [5, 5.41) is 3.98. The minimum absolute atomic E-state index is 0.0703. The van der Waals surface area contributed by atoms with Crippen molar-refractivity contribution in [3.05, 3.63) is 72.1 Å². The number of aromatic nitrogens is 4. The number of fused-ring (bicyclic) bond motifs is 2. The van der Waals surface area contributed by atoms with Crippen LogP contribution in [0.2, 0.25) is 0 Å². The lowest BCUT2D eigenvalue weighted by atomic mass is 10.0. The van der Waals surface area contributed by atoms with E-state index in [0.717, 1.165) is 17.0 Å². The van der Waals surface area contributed by atoms with Crippen molar-refractivity contribution in [2.24, 2.45) is 0 Å². The standard InChI is InChI=1S/C23H20F4N4O2.C9H9N3O/c1-4-13-15(24)5-6-16(21(13)25)30-22-14-9-19(18(32-3)10-17(14)28-12-29-22)33-20-7-8-31(2)11-23(20,26)27;1-13-9-11-7-5-3-2-4-6(7)8(10)12-9/h1,5-6,9-10,12,20H,7-8,11H2,2-3H3,(H,28,29,30);2-5H,1H3,(H2,10,11,12)/t20-;/m1./s1. The fraction of sp³-hybridized carbons (Fsp3) is 0.250. The molecule has 0 spiro atoms. The van der Waals surface area contributed by atoms with Crippen LogP contribution in [-0.2, 0) is 0 Å². The van der Waals surface area contributed by atoms with Crippen LogP contribution in [0.1, 0.15) is 12.0 Å². The van der Waals surface area contributed by atoms with Gasteiger partial charge in [-0.25, -0.2) is 27.5 Å². The second-order valence-electron chi connectivity index (χ2n) is 10.3. The molecule has 5 aromatic rings. The smallest absolute Gasteiger partial charge is 0.318 e. The minimum Gasteiger partial charge on any atom is -0.493 e. The number of hydrogen-bond acceptors (Lipinski definition) is 10. The molecule has 0 amide bonds. The van der Waals surface area contributed by atoms with Gasteiger partial charge in [-0.1, -0.05) is 18.1 Å². The molecule has 0 unspecified atom stereocenters. The van der Waals surface area contributed by atoms with Crippen LogP contribution >= 0.6 is 0 Å². The average molecular weight is 636 g/mol. The van der Waals surface area contributed by atoms with Crippen molar-refractivity contribution in [3.8, 4) is 29.9 Å². The van der Waals surface area contributed by atoms with Crippen LogP contribution in [0.15, 0.2) is 54.9 Å². The molecule has 1 aliphatic heterocycles. The minimum atomic E-state index is -3.07. The number of anilines is 3. The van der Waals surface area contributed by atoms with Gasteiger partial charge in [-0.2, -0.15) is 9.97 Å². The monoisotopic (exact) mass is 635 g/mol. The molecule has 0 bridgehead atoms. The number of likely N-dealkylation sites (tertiary alicyclic amines) is 1. The summed E-state index contributed by atoms with van der Waals surface area (Å²) in [5.41, 5.74) is 6.27. The number of nitrogens with one attached hydrogen (secondary N) is 1. The van der Waals surface area contributed by atoms with Crippen molar-refractivity contribution < 1.29 is 31.8 Å². The van der Waals surface area contributed by atoms with Gasteiger partial charge in [-0.15, -0.1) is 6.42 Å². The van der Waals surface area contributed by atoms with E-state index in [2.05, 4.69) is 25.3 Å². The predicted octanol–water partition coefficient (Wildman–Crippen LogP) is 5.58. The highest BCUT2D eigenvalue weighted by Gasteiger charge is 2.45. The Morgan fingerprint density at radius 2 is 1.78 bits per heavy atom. The number of hydrogen-bond donors (Lipinski definition) is 2. The molecule has 1 aliphatic rings. The maximum Gasteiger partial charge on any atom is 0.318 e. The Balaban J connectivity index is 0.000000266. The van der Waals surface area contributed by atoms with E-state index in [1.807, 2.05) is 30.2 Å². The van der Waals surface area contributed by atoms with Gasteiger partial charge in [0.25, 0.3) is 5.92 Å². The van der Waals surface area contributed by atoms with E-state index in [4.69, 9.17) is 26.4 Å². The normalized spacial score (nSPS) is 15.8. The second-order valence-corrected chi connectivity index (χ2v) is 10.3. The van der Waals surface area contributed by atoms with Crippen LogP contribution in [0.4, 0.5) is 34.9 Å². The first-order valence-electron chi connectivity index (χ1n) is 13.9. The quantitative estimate of drug-likeness (QED) is 0.181. The summed E-state index contributed by atoms with van der Waals surface area (Å²) in [4.78, 5) is 17.9. The Morgan fingerprint density at radius 1 is 1.00 bits per heavy atom. The van der Waals surface area contributed by atoms with Crippen molar-refractivity contribution in [1.82, 2.24) is 24.8 Å². The summed E-state index contributed by atoms with van der Waals surface area (Å²) >= 11 is 0. The SMILES string of the molecule is C#Cc1c(F)ccc(Nc2ncnc3cc(OC)c(O[C@@H]4CCN(C)CC4(F)F)cc23)c1F.COc1nc(N)c2ccccc2n1. The van der Waals surface area contributed by atoms with Crippen LogP contribution < -0.4 is 25.3 Å². The molecule has 10 nitrogen and oxygen atoms in total. The van der Waals surface area contributed by atoms with Crippen molar-refractivity contribution in [1.29, 1.82) is 0 Å². The highest BCUT2D eigenvalue weighted by molar-refractivity contribution is 5.93. The highest BCUT2D eigenvalue weighted by atomic mass is 19.3. The van der Waals surface area contributed by atoms with Crippen LogP contribution in [-0.4, -0.2) is 71.2 Å². The first kappa shape index (κ1) is 32.0. The summed E-state index contributed by atoms with van der Waals surface area (Å²) in [6.45, 7) is 0.0261. The number of halogens is 4. The van der Waals surface area contributed by atoms with E-state index in [-0.39, 0.29) is 29.4 Å². The molecule has 0 radical (unpaired) electrons. The van der Waals surface area contributed by atoms with Gasteiger partial charge in [-0.05, 0) is 37.4 Å². The largest absolute Gasteiger partial charge is 0.493 e. The molecule has 14 heteroatoms. The van der Waals surface area contributed by atoms with Gasteiger partial charge in [0, 0.05) is 29.8 Å². The third-order valence-electron chi connectivity index (χ3n) is 7.20. The first-order valence-corrected chi connectivity index (χ1v) is 13.9. The number of nitrogen functional groups attached to an aromatic ring is 1. The van der Waals surface area contributed by atoms with Crippen LogP contribution in [0.25, 0.3) is 21.8 Å². The first-order chi connectivity index (χ1) is 22.0. The highest BCUT2D eigenvalue weighted by Crippen LogP contribution is 2.39. The van der Waals surface area contributed by atoms with E-state index >= 15 is 0 Å². The number of methoxy groups -OCH3 is 2. The third-order valence-corrected chi connectivity index (χ3v) is 7.20. The number of benzene rings is 3. The van der Waals surface area contributed by atoms with Crippen molar-refractivity contribution in [2.75, 3.05) is 45.4 Å². The molecule has 0 aliphatic carbocycles. The Morgan fingerprint density at radius 3 is 2.50 bits per heavy atom. The van der Waals surface area contributed by atoms with Crippen molar-refractivity contribution in [3.63, 3.8) is 0 Å². The zero-order valence-electron chi connectivity index (χ0n) is 25.0. The second kappa shape index (κ2) is 13.3. The maximum atomic E-state index is 14.6. The number of para-hydroxylation sites is 1. The molecule has 238 valence electrons. The van der Waals surface area contributed by atoms with Gasteiger partial charge < -0.3 is 30.2 Å². The number of nitrogens with two attached hydrogens (primary N) is 1. The number of terminal acetylenes is 1. The molecule has 1 fully saturated rings. The number of alkyl halides is 2. The predicted molar refractivity (Wildman–Crippen MR) is 166 cm³/mol. The Hall–Kier alpha value is -5.42. The maximum absolute atomic E-state index is 14.6. The number of nitrogens with zero attached hydrogens (tertiary/aromatic N) is 5.